The van der Waals surface area contributed by atoms with Gasteiger partial charge in [-0.1, -0.05) is 77.4 Å². The first kappa shape index (κ1) is 27.2. The number of carbonyl (C=O) groups is 3. The topological polar surface area (TPSA) is 51.2 Å². The summed E-state index contributed by atoms with van der Waals surface area (Å²) in [6.07, 6.45) is 9.82. The van der Waals surface area contributed by atoms with Crippen LogP contribution in [-0.4, -0.2) is 17.3 Å². The van der Waals surface area contributed by atoms with Crippen LogP contribution in [0.2, 0.25) is 0 Å². The summed E-state index contributed by atoms with van der Waals surface area (Å²) in [5, 5.41) is 0. The molecule has 0 heterocycles. The van der Waals surface area contributed by atoms with Crippen molar-refractivity contribution >= 4 is 17.3 Å². The van der Waals surface area contributed by atoms with Gasteiger partial charge in [-0.2, -0.15) is 0 Å². The largest absolute Gasteiger partial charge is 0.299 e. The highest BCUT2D eigenvalue weighted by atomic mass is 16.2. The van der Waals surface area contributed by atoms with Gasteiger partial charge in [0, 0.05) is 17.9 Å². The van der Waals surface area contributed by atoms with Crippen molar-refractivity contribution in [1.29, 1.82) is 0 Å². The molecule has 1 aromatic rings. The van der Waals surface area contributed by atoms with Crippen molar-refractivity contribution < 1.29 is 14.4 Å². The molecule has 0 amide bonds. The SMILES string of the molecule is C[C@H]1[C@H](C)CC[C@]2(C)CC[C@]3(C)C(=CC(=O)[C@@H]4[C@@]5(C)CCC(=O)[C@](C)(C(=O)c6ccccc6)[C@@H]5CC[C@]43C)[C@H]12. The zero-order valence-corrected chi connectivity index (χ0v) is 25.2. The molecule has 4 fully saturated rings. The van der Waals surface area contributed by atoms with E-state index in [1.165, 1.54) is 24.8 Å². The quantitative estimate of drug-likeness (QED) is 0.287. The summed E-state index contributed by atoms with van der Waals surface area (Å²) >= 11 is 0. The molecule has 0 unspecified atom stereocenters. The molecule has 0 N–H and O–H groups in total. The maximum atomic E-state index is 14.5. The molecule has 3 heteroatoms. The van der Waals surface area contributed by atoms with E-state index in [1.807, 2.05) is 37.3 Å². The predicted molar refractivity (Wildman–Crippen MR) is 155 cm³/mol. The van der Waals surface area contributed by atoms with E-state index in [-0.39, 0.29) is 50.8 Å². The van der Waals surface area contributed by atoms with E-state index in [0.29, 0.717) is 36.2 Å². The van der Waals surface area contributed by atoms with Crippen LogP contribution < -0.4 is 0 Å². The van der Waals surface area contributed by atoms with Crippen molar-refractivity contribution in [3.8, 4) is 0 Å². The first-order valence-electron chi connectivity index (χ1n) is 15.6. The van der Waals surface area contributed by atoms with Crippen molar-refractivity contribution in [2.45, 2.75) is 99.8 Å². The lowest BCUT2D eigenvalue weighted by Crippen LogP contribution is -2.67. The van der Waals surface area contributed by atoms with Gasteiger partial charge in [-0.15, -0.1) is 0 Å². The number of ketones is 3. The molecular formula is C36H48O3. The van der Waals surface area contributed by atoms with Gasteiger partial charge in [0.05, 0.1) is 5.41 Å². The molecule has 210 valence electrons. The van der Waals surface area contributed by atoms with Crippen LogP contribution in [-0.2, 0) is 9.59 Å². The van der Waals surface area contributed by atoms with Gasteiger partial charge in [-0.25, -0.2) is 0 Å². The molecule has 3 nitrogen and oxygen atoms in total. The molecule has 0 aliphatic heterocycles. The Morgan fingerprint density at radius 3 is 2.23 bits per heavy atom. The van der Waals surface area contributed by atoms with Gasteiger partial charge >= 0.3 is 0 Å². The lowest BCUT2D eigenvalue weighted by molar-refractivity contribution is -0.185. The van der Waals surface area contributed by atoms with E-state index in [0.717, 1.165) is 19.3 Å². The third-order valence-electron chi connectivity index (χ3n) is 14.1. The Morgan fingerprint density at radius 1 is 0.846 bits per heavy atom. The fraction of sp³-hybridized carbons (Fsp3) is 0.694. The first-order chi connectivity index (χ1) is 18.2. The number of rotatable bonds is 2. The Balaban J connectivity index is 1.46. The van der Waals surface area contributed by atoms with E-state index in [4.69, 9.17) is 0 Å². The zero-order valence-electron chi connectivity index (χ0n) is 25.2. The maximum Gasteiger partial charge on any atom is 0.176 e. The summed E-state index contributed by atoms with van der Waals surface area (Å²) in [6, 6.07) is 9.35. The molecular weight excluding hydrogens is 480 g/mol. The van der Waals surface area contributed by atoms with Crippen LogP contribution in [0.15, 0.2) is 42.0 Å². The minimum absolute atomic E-state index is 0.0314. The normalized spacial score (nSPS) is 49.2. The van der Waals surface area contributed by atoms with E-state index >= 15 is 0 Å². The smallest absolute Gasteiger partial charge is 0.176 e. The highest BCUT2D eigenvalue weighted by Crippen LogP contribution is 2.75. The van der Waals surface area contributed by atoms with Crippen molar-refractivity contribution in [3.05, 3.63) is 47.5 Å². The average molecular weight is 529 g/mol. The van der Waals surface area contributed by atoms with Crippen LogP contribution in [0.4, 0.5) is 0 Å². The third-order valence-corrected chi connectivity index (χ3v) is 14.1. The molecule has 0 aromatic heterocycles. The van der Waals surface area contributed by atoms with Crippen LogP contribution in [0.25, 0.3) is 0 Å². The second-order valence-corrected chi connectivity index (χ2v) is 15.6. The van der Waals surface area contributed by atoms with Gasteiger partial charge in [0.25, 0.3) is 0 Å². The van der Waals surface area contributed by atoms with E-state index < -0.39 is 5.41 Å². The Labute approximate surface area is 235 Å². The monoisotopic (exact) mass is 528 g/mol. The summed E-state index contributed by atoms with van der Waals surface area (Å²) < 4.78 is 0. The van der Waals surface area contributed by atoms with E-state index in [2.05, 4.69) is 47.6 Å². The third kappa shape index (κ3) is 3.31. The number of hydrogen-bond donors (Lipinski definition) is 0. The van der Waals surface area contributed by atoms with Crippen molar-refractivity contribution in [2.24, 2.45) is 56.7 Å². The maximum absolute atomic E-state index is 14.5. The number of benzene rings is 1. The zero-order chi connectivity index (χ0) is 28.2. The lowest BCUT2D eigenvalue weighted by Gasteiger charge is -2.70. The summed E-state index contributed by atoms with van der Waals surface area (Å²) in [6.45, 7) is 16.4. The molecule has 5 aliphatic carbocycles. The highest BCUT2D eigenvalue weighted by molar-refractivity contribution is 6.15. The minimum atomic E-state index is -1.08. The van der Waals surface area contributed by atoms with Crippen LogP contribution >= 0.6 is 0 Å². The van der Waals surface area contributed by atoms with E-state index in [9.17, 15) is 14.4 Å². The van der Waals surface area contributed by atoms with Gasteiger partial charge in [0.1, 0.15) is 5.78 Å². The Bertz CT molecular complexity index is 1260. The number of allylic oxidation sites excluding steroid dienone is 2. The number of hydrogen-bond acceptors (Lipinski definition) is 3. The van der Waals surface area contributed by atoms with Gasteiger partial charge < -0.3 is 0 Å². The number of fused-ring (bicyclic) bond motifs is 7. The Kier molecular flexibility index (Phi) is 5.91. The predicted octanol–water partition coefficient (Wildman–Crippen LogP) is 8.28. The average Bonchev–Trinajstić information content (AvgIpc) is 2.90. The molecule has 5 aliphatic rings. The minimum Gasteiger partial charge on any atom is -0.299 e. The summed E-state index contributed by atoms with van der Waals surface area (Å²) in [5.41, 5.74) is 0.667. The molecule has 0 spiro atoms. The Morgan fingerprint density at radius 2 is 1.54 bits per heavy atom. The van der Waals surface area contributed by atoms with Gasteiger partial charge in [-0.05, 0) is 103 Å². The lowest BCUT2D eigenvalue weighted by atomic mass is 9.33. The summed E-state index contributed by atoms with van der Waals surface area (Å²) in [4.78, 5) is 42.3. The molecule has 1 aromatic carbocycles. The molecule has 10 atom stereocenters. The highest BCUT2D eigenvalue weighted by Gasteiger charge is 2.71. The van der Waals surface area contributed by atoms with Crippen LogP contribution in [0.1, 0.15) is 110 Å². The second-order valence-electron chi connectivity index (χ2n) is 15.6. The molecule has 6 rings (SSSR count). The fourth-order valence-electron chi connectivity index (χ4n) is 11.4. The van der Waals surface area contributed by atoms with Crippen molar-refractivity contribution in [1.82, 2.24) is 0 Å². The van der Waals surface area contributed by atoms with Crippen molar-refractivity contribution in [3.63, 3.8) is 0 Å². The van der Waals surface area contributed by atoms with Gasteiger partial charge in [-0.3, -0.25) is 14.4 Å². The fourth-order valence-corrected chi connectivity index (χ4v) is 11.4. The standard InChI is InChI=1S/C36H48O3/c1-22-13-16-32(3)19-20-34(5)25(29(32)23(22)2)21-26(37)30-33(4)17-15-28(38)36(7,27(33)14-18-35(30,34)6)31(39)24-11-9-8-10-12-24/h8-12,21-23,27,29-30H,13-20H2,1-7H3/t22-,23+,27-,29+,30-,32-,33+,34-,35-,36-/m1/s1. The van der Waals surface area contributed by atoms with Crippen molar-refractivity contribution in [2.75, 3.05) is 0 Å². The first-order valence-corrected chi connectivity index (χ1v) is 15.6. The summed E-state index contributed by atoms with van der Waals surface area (Å²) in [7, 11) is 0. The second kappa shape index (κ2) is 8.49. The van der Waals surface area contributed by atoms with Crippen LogP contribution in [0, 0.1) is 56.7 Å². The van der Waals surface area contributed by atoms with Gasteiger partial charge in [0.2, 0.25) is 0 Å². The molecule has 39 heavy (non-hydrogen) atoms. The van der Waals surface area contributed by atoms with Gasteiger partial charge in [0.15, 0.2) is 11.6 Å². The summed E-state index contributed by atoms with van der Waals surface area (Å²) in [5.74, 6) is 1.71. The molecule has 0 radical (unpaired) electrons. The van der Waals surface area contributed by atoms with E-state index in [1.54, 1.807) is 0 Å². The van der Waals surface area contributed by atoms with Crippen LogP contribution in [0.3, 0.4) is 0 Å². The Hall–Kier alpha value is -2.03. The molecule has 0 saturated heterocycles. The molecule has 4 saturated carbocycles. The molecule has 0 bridgehead atoms. The van der Waals surface area contributed by atoms with Crippen LogP contribution in [0.5, 0.6) is 0 Å². The number of carbonyl (C=O) groups excluding carboxylic acids is 3. The number of Topliss-reactive ketones (excluding diaryl/α,β-unsaturated/α-hetero) is 2.